The molecule has 3 aliphatic heterocycles. The SMILES string of the molecule is CC(C)(C)OC(=O)N1CC[C@H]2[C@@H](C1)c1cc(-c3cc(Cl)cc(Cl)c3)cc3c1N2CC3. The Bertz CT molecular complexity index is 1010. The van der Waals surface area contributed by atoms with E-state index in [4.69, 9.17) is 27.9 Å². The van der Waals surface area contributed by atoms with Gasteiger partial charge in [-0.2, -0.15) is 0 Å². The fraction of sp³-hybridized carbons (Fsp3) is 0.458. The molecule has 0 unspecified atom stereocenters. The highest BCUT2D eigenvalue weighted by molar-refractivity contribution is 6.35. The van der Waals surface area contributed by atoms with E-state index in [9.17, 15) is 4.79 Å². The van der Waals surface area contributed by atoms with Gasteiger partial charge in [-0.1, -0.05) is 23.2 Å². The Balaban J connectivity index is 1.50. The predicted octanol–water partition coefficient (Wildman–Crippen LogP) is 6.13. The molecule has 0 saturated carbocycles. The van der Waals surface area contributed by atoms with Gasteiger partial charge in [0, 0.05) is 47.3 Å². The number of ether oxygens (including phenoxy) is 1. The van der Waals surface area contributed by atoms with Gasteiger partial charge in [-0.05, 0) is 86.2 Å². The third-order valence-corrected chi connectivity index (χ3v) is 6.79. The summed E-state index contributed by atoms with van der Waals surface area (Å²) in [7, 11) is 0. The van der Waals surface area contributed by atoms with E-state index in [2.05, 4.69) is 17.0 Å². The van der Waals surface area contributed by atoms with Gasteiger partial charge in [0.25, 0.3) is 0 Å². The molecule has 1 amide bonds. The molecule has 0 aliphatic carbocycles. The van der Waals surface area contributed by atoms with Crippen molar-refractivity contribution < 1.29 is 9.53 Å². The van der Waals surface area contributed by atoms with Crippen LogP contribution in [0.3, 0.4) is 0 Å². The van der Waals surface area contributed by atoms with Crippen LogP contribution in [0.5, 0.6) is 0 Å². The van der Waals surface area contributed by atoms with Crippen molar-refractivity contribution in [3.8, 4) is 11.1 Å². The number of amides is 1. The van der Waals surface area contributed by atoms with Gasteiger partial charge in [-0.3, -0.25) is 0 Å². The monoisotopic (exact) mass is 444 g/mol. The topological polar surface area (TPSA) is 32.8 Å². The predicted molar refractivity (Wildman–Crippen MR) is 122 cm³/mol. The maximum Gasteiger partial charge on any atom is 0.410 e. The number of carbonyl (C=O) groups excluding carboxylic acids is 1. The second-order valence-corrected chi connectivity index (χ2v) is 10.4. The number of piperidine rings is 1. The first-order valence-electron chi connectivity index (χ1n) is 10.6. The van der Waals surface area contributed by atoms with Gasteiger partial charge in [-0.15, -0.1) is 0 Å². The van der Waals surface area contributed by atoms with Gasteiger partial charge in [0.2, 0.25) is 0 Å². The van der Waals surface area contributed by atoms with Crippen LogP contribution in [-0.2, 0) is 11.2 Å². The molecular weight excluding hydrogens is 419 g/mol. The van der Waals surface area contributed by atoms with Gasteiger partial charge in [0.05, 0.1) is 0 Å². The molecule has 5 rings (SSSR count). The summed E-state index contributed by atoms with van der Waals surface area (Å²) >= 11 is 12.5. The van der Waals surface area contributed by atoms with Gasteiger partial charge in [0.1, 0.15) is 5.60 Å². The molecule has 6 heteroatoms. The van der Waals surface area contributed by atoms with E-state index in [0.29, 0.717) is 28.5 Å². The number of fused-ring (bicyclic) bond motifs is 3. The number of carbonyl (C=O) groups is 1. The Hall–Kier alpha value is -1.91. The van der Waals surface area contributed by atoms with Crippen molar-refractivity contribution in [3.05, 3.63) is 51.5 Å². The second kappa shape index (κ2) is 7.06. The molecule has 1 saturated heterocycles. The van der Waals surface area contributed by atoms with Crippen molar-refractivity contribution in [2.24, 2.45) is 0 Å². The van der Waals surface area contributed by atoms with Crippen LogP contribution in [0.4, 0.5) is 10.5 Å². The Kier molecular flexibility index (Phi) is 4.71. The minimum Gasteiger partial charge on any atom is -0.444 e. The largest absolute Gasteiger partial charge is 0.444 e. The van der Waals surface area contributed by atoms with E-state index < -0.39 is 5.60 Å². The maximum atomic E-state index is 12.7. The van der Waals surface area contributed by atoms with Crippen LogP contribution >= 0.6 is 23.2 Å². The number of nitrogens with zero attached hydrogens (tertiary/aromatic N) is 2. The standard InChI is InChI=1S/C24H26Cl2N2O2/c1-24(2,3)30-23(29)27-6-5-21-20(13-27)19-11-15(8-14-4-7-28(21)22(14)19)16-9-17(25)12-18(26)10-16/h8-12,20-21H,4-7,13H2,1-3H3/t20-,21-/m0/s1. The van der Waals surface area contributed by atoms with Crippen LogP contribution in [0, 0.1) is 0 Å². The summed E-state index contributed by atoms with van der Waals surface area (Å²) in [4.78, 5) is 17.1. The lowest BCUT2D eigenvalue weighted by Gasteiger charge is -2.38. The molecule has 4 nitrogen and oxygen atoms in total. The van der Waals surface area contributed by atoms with Crippen LogP contribution in [0.25, 0.3) is 11.1 Å². The molecule has 0 spiro atoms. The van der Waals surface area contributed by atoms with Gasteiger partial charge >= 0.3 is 6.09 Å². The average Bonchev–Trinajstić information content (AvgIpc) is 3.21. The molecule has 2 atom stereocenters. The van der Waals surface area contributed by atoms with Crippen molar-refractivity contribution in [1.29, 1.82) is 0 Å². The van der Waals surface area contributed by atoms with Gasteiger partial charge in [0.15, 0.2) is 0 Å². The van der Waals surface area contributed by atoms with Crippen molar-refractivity contribution in [3.63, 3.8) is 0 Å². The fourth-order valence-electron chi connectivity index (χ4n) is 5.22. The minimum atomic E-state index is -0.481. The molecule has 0 aromatic heterocycles. The zero-order valence-corrected chi connectivity index (χ0v) is 19.1. The van der Waals surface area contributed by atoms with E-state index in [1.165, 1.54) is 16.8 Å². The average molecular weight is 445 g/mol. The van der Waals surface area contributed by atoms with E-state index >= 15 is 0 Å². The first-order chi connectivity index (χ1) is 14.2. The van der Waals surface area contributed by atoms with E-state index in [1.807, 2.05) is 37.8 Å². The summed E-state index contributed by atoms with van der Waals surface area (Å²) in [5.41, 5.74) is 5.81. The number of rotatable bonds is 1. The lowest BCUT2D eigenvalue weighted by atomic mass is 9.86. The Morgan fingerprint density at radius 1 is 1.03 bits per heavy atom. The Labute approximate surface area is 187 Å². The van der Waals surface area contributed by atoms with E-state index in [0.717, 1.165) is 37.1 Å². The minimum absolute atomic E-state index is 0.212. The van der Waals surface area contributed by atoms with Crippen molar-refractivity contribution >= 4 is 35.0 Å². The molecular formula is C24H26Cl2N2O2. The molecule has 2 aromatic carbocycles. The normalized spacial score (nSPS) is 22.2. The van der Waals surface area contributed by atoms with Crippen molar-refractivity contribution in [2.75, 3.05) is 24.5 Å². The first-order valence-corrected chi connectivity index (χ1v) is 11.3. The lowest BCUT2D eigenvalue weighted by Crippen LogP contribution is -2.49. The number of anilines is 1. The summed E-state index contributed by atoms with van der Waals surface area (Å²) < 4.78 is 5.64. The summed E-state index contributed by atoms with van der Waals surface area (Å²) in [6, 6.07) is 10.7. The Morgan fingerprint density at radius 2 is 1.73 bits per heavy atom. The summed E-state index contributed by atoms with van der Waals surface area (Å²) in [6.45, 7) is 8.23. The number of halogens is 2. The molecule has 0 bridgehead atoms. The summed E-state index contributed by atoms with van der Waals surface area (Å²) in [5.74, 6) is 0.301. The molecule has 158 valence electrons. The molecule has 3 aliphatic rings. The van der Waals surface area contributed by atoms with Crippen molar-refractivity contribution in [2.45, 2.75) is 51.2 Å². The van der Waals surface area contributed by atoms with Crippen LogP contribution in [0.15, 0.2) is 30.3 Å². The lowest BCUT2D eigenvalue weighted by molar-refractivity contribution is 0.0189. The summed E-state index contributed by atoms with van der Waals surface area (Å²) in [6.07, 6.45) is 1.82. The molecule has 1 fully saturated rings. The Morgan fingerprint density at radius 3 is 2.43 bits per heavy atom. The highest BCUT2D eigenvalue weighted by Crippen LogP contribution is 2.51. The van der Waals surface area contributed by atoms with Crippen LogP contribution in [0.2, 0.25) is 10.0 Å². The first kappa shape index (κ1) is 20.0. The molecule has 30 heavy (non-hydrogen) atoms. The van der Waals surface area contributed by atoms with E-state index in [-0.39, 0.29) is 6.09 Å². The van der Waals surface area contributed by atoms with E-state index in [1.54, 1.807) is 6.07 Å². The molecule has 3 heterocycles. The van der Waals surface area contributed by atoms with Gasteiger partial charge in [-0.25, -0.2) is 4.79 Å². The highest BCUT2D eigenvalue weighted by Gasteiger charge is 2.46. The van der Waals surface area contributed by atoms with Crippen molar-refractivity contribution in [1.82, 2.24) is 4.90 Å². The van der Waals surface area contributed by atoms with Crippen LogP contribution in [-0.4, -0.2) is 42.3 Å². The highest BCUT2D eigenvalue weighted by atomic mass is 35.5. The fourth-order valence-corrected chi connectivity index (χ4v) is 5.75. The smallest absolute Gasteiger partial charge is 0.410 e. The molecule has 0 N–H and O–H groups in total. The third-order valence-electron chi connectivity index (χ3n) is 6.35. The zero-order chi connectivity index (χ0) is 21.2. The number of likely N-dealkylation sites (tertiary alicyclic amines) is 1. The van der Waals surface area contributed by atoms with Crippen LogP contribution in [0.1, 0.15) is 44.2 Å². The zero-order valence-electron chi connectivity index (χ0n) is 17.5. The number of benzene rings is 2. The third kappa shape index (κ3) is 3.44. The number of hydrogen-bond acceptors (Lipinski definition) is 3. The summed E-state index contributed by atoms with van der Waals surface area (Å²) in [5, 5.41) is 1.28. The molecule has 0 radical (unpaired) electrons. The van der Waals surface area contributed by atoms with Gasteiger partial charge < -0.3 is 14.5 Å². The maximum absolute atomic E-state index is 12.7. The second-order valence-electron chi connectivity index (χ2n) is 9.56. The van der Waals surface area contributed by atoms with Crippen LogP contribution < -0.4 is 4.90 Å². The number of hydrogen-bond donors (Lipinski definition) is 0. The quantitative estimate of drug-likeness (QED) is 0.530. The molecule has 2 aromatic rings.